The number of aromatic nitrogens is 2. The van der Waals surface area contributed by atoms with E-state index in [4.69, 9.17) is 11.6 Å². The molecule has 0 spiro atoms. The maximum atomic E-state index is 13.7. The molecule has 3 aromatic rings. The Morgan fingerprint density at radius 3 is 2.61 bits per heavy atom. The molecule has 5 nitrogen and oxygen atoms in total. The number of hydrogen-bond acceptors (Lipinski definition) is 3. The maximum Gasteiger partial charge on any atom is 0.417 e. The number of anilines is 1. The standard InChI is InChI=1S/C27H26ClF3N4O/c1-25(2)12-22(16-6-4-3-5-7-16)33-23-19(13-32-35(23)25)24(36)34-14-18-11-26(18,15-34)17-8-9-21(28)20(10-17)27(29,30)31/h3-10,13,18,22,33H,11-12,14-15H2,1-2H3/t18?,22-,26?/m1/s1. The minimum Gasteiger partial charge on any atom is -0.363 e. The fourth-order valence-corrected chi connectivity index (χ4v) is 6.32. The molecular formula is C27H26ClF3N4O. The van der Waals surface area contributed by atoms with Crippen LogP contribution in [0.4, 0.5) is 19.0 Å². The summed E-state index contributed by atoms with van der Waals surface area (Å²) < 4.78 is 42.2. The molecule has 36 heavy (non-hydrogen) atoms. The number of nitrogens with zero attached hydrogens (tertiary/aromatic N) is 3. The van der Waals surface area contributed by atoms with Crippen LogP contribution in [-0.4, -0.2) is 33.7 Å². The fraction of sp³-hybridized carbons (Fsp3) is 0.407. The first kappa shape index (κ1) is 23.4. The van der Waals surface area contributed by atoms with Crippen LogP contribution in [0.1, 0.15) is 59.8 Å². The smallest absolute Gasteiger partial charge is 0.363 e. The van der Waals surface area contributed by atoms with Crippen LogP contribution in [0.3, 0.4) is 0 Å². The van der Waals surface area contributed by atoms with Crippen LogP contribution in [0.2, 0.25) is 5.02 Å². The summed E-state index contributed by atoms with van der Waals surface area (Å²) in [7, 11) is 0. The number of amides is 1. The van der Waals surface area contributed by atoms with Crippen LogP contribution >= 0.6 is 11.6 Å². The van der Waals surface area contributed by atoms with Crippen LogP contribution in [0.5, 0.6) is 0 Å². The SMILES string of the molecule is CC1(C)C[C@H](c2ccccc2)Nc2c(C(=O)N3CC4CC4(c4ccc(Cl)c(C(F)(F)F)c4)C3)cnn21. The molecule has 1 amide bonds. The number of halogens is 4. The quantitative estimate of drug-likeness (QED) is 0.449. The van der Waals surface area contributed by atoms with Gasteiger partial charge >= 0.3 is 6.18 Å². The lowest BCUT2D eigenvalue weighted by molar-refractivity contribution is -0.137. The van der Waals surface area contributed by atoms with Crippen LogP contribution in [0.15, 0.2) is 54.7 Å². The number of carbonyl (C=O) groups excluding carboxylic acids is 1. The summed E-state index contributed by atoms with van der Waals surface area (Å²) in [4.78, 5) is 15.4. The van der Waals surface area contributed by atoms with Crippen LogP contribution < -0.4 is 5.32 Å². The minimum atomic E-state index is -4.52. The Balaban J connectivity index is 1.28. The number of benzene rings is 2. The molecule has 1 aliphatic carbocycles. The van der Waals surface area contributed by atoms with Gasteiger partial charge in [-0.05, 0) is 55.9 Å². The normalized spacial score (nSPS) is 26.2. The summed E-state index contributed by atoms with van der Waals surface area (Å²) in [5.74, 6) is 0.673. The maximum absolute atomic E-state index is 13.7. The van der Waals surface area contributed by atoms with E-state index in [9.17, 15) is 18.0 Å². The molecule has 1 saturated carbocycles. The van der Waals surface area contributed by atoms with Crippen molar-refractivity contribution in [2.75, 3.05) is 18.4 Å². The van der Waals surface area contributed by atoms with E-state index in [-0.39, 0.29) is 28.4 Å². The summed E-state index contributed by atoms with van der Waals surface area (Å²) in [6.45, 7) is 5.10. The Hall–Kier alpha value is -3.00. The molecule has 3 atom stereocenters. The van der Waals surface area contributed by atoms with Gasteiger partial charge in [0.05, 0.1) is 28.4 Å². The van der Waals surface area contributed by atoms with Gasteiger partial charge < -0.3 is 10.2 Å². The lowest BCUT2D eigenvalue weighted by Gasteiger charge is -2.38. The first-order chi connectivity index (χ1) is 17.0. The first-order valence-corrected chi connectivity index (χ1v) is 12.4. The van der Waals surface area contributed by atoms with E-state index in [1.165, 1.54) is 6.07 Å². The van der Waals surface area contributed by atoms with Gasteiger partial charge in [-0.25, -0.2) is 4.68 Å². The zero-order valence-electron chi connectivity index (χ0n) is 19.9. The Morgan fingerprint density at radius 2 is 1.89 bits per heavy atom. The van der Waals surface area contributed by atoms with Crippen molar-refractivity contribution in [2.45, 2.75) is 49.9 Å². The van der Waals surface area contributed by atoms with E-state index in [0.717, 1.165) is 24.5 Å². The van der Waals surface area contributed by atoms with E-state index in [2.05, 4.69) is 36.4 Å². The van der Waals surface area contributed by atoms with Crippen molar-refractivity contribution in [1.82, 2.24) is 14.7 Å². The highest BCUT2D eigenvalue weighted by Gasteiger charge is 2.62. The molecule has 6 rings (SSSR count). The number of carbonyl (C=O) groups is 1. The summed E-state index contributed by atoms with van der Waals surface area (Å²) in [6.07, 6.45) is -1.33. The van der Waals surface area contributed by atoms with Crippen molar-refractivity contribution in [3.05, 3.63) is 82.0 Å². The lowest BCUT2D eigenvalue weighted by atomic mass is 9.89. The number of likely N-dealkylation sites (tertiary alicyclic amines) is 1. The number of rotatable bonds is 3. The predicted octanol–water partition coefficient (Wildman–Crippen LogP) is 6.26. The number of alkyl halides is 3. The van der Waals surface area contributed by atoms with Crippen LogP contribution in [0.25, 0.3) is 0 Å². The number of fused-ring (bicyclic) bond motifs is 2. The van der Waals surface area contributed by atoms with Gasteiger partial charge in [0.2, 0.25) is 0 Å². The van der Waals surface area contributed by atoms with Gasteiger partial charge in [-0.2, -0.15) is 18.3 Å². The molecule has 2 unspecified atom stereocenters. The summed E-state index contributed by atoms with van der Waals surface area (Å²) in [6, 6.07) is 14.3. The number of nitrogens with one attached hydrogen (secondary N) is 1. The minimum absolute atomic E-state index is 0.0325. The van der Waals surface area contributed by atoms with Crippen molar-refractivity contribution < 1.29 is 18.0 Å². The predicted molar refractivity (Wildman–Crippen MR) is 131 cm³/mol. The molecular weight excluding hydrogens is 489 g/mol. The third-order valence-electron chi connectivity index (χ3n) is 8.07. The second-order valence-corrected chi connectivity index (χ2v) is 11.3. The second kappa shape index (κ2) is 7.75. The highest BCUT2D eigenvalue weighted by atomic mass is 35.5. The van der Waals surface area contributed by atoms with Crippen molar-refractivity contribution in [3.8, 4) is 0 Å². The van der Waals surface area contributed by atoms with Gasteiger partial charge in [0, 0.05) is 18.5 Å². The fourth-order valence-electron chi connectivity index (χ4n) is 6.10. The molecule has 3 heterocycles. The lowest BCUT2D eigenvalue weighted by Crippen LogP contribution is -2.39. The molecule has 3 aliphatic rings. The molecule has 2 aliphatic heterocycles. The van der Waals surface area contributed by atoms with Crippen molar-refractivity contribution in [1.29, 1.82) is 0 Å². The molecule has 2 fully saturated rings. The number of piperidine rings is 1. The Labute approximate surface area is 212 Å². The van der Waals surface area contributed by atoms with Gasteiger partial charge in [-0.1, -0.05) is 48.0 Å². The average Bonchev–Trinajstić information content (AvgIpc) is 3.16. The van der Waals surface area contributed by atoms with E-state index in [1.54, 1.807) is 17.2 Å². The van der Waals surface area contributed by atoms with Crippen molar-refractivity contribution in [3.63, 3.8) is 0 Å². The topological polar surface area (TPSA) is 50.2 Å². The van der Waals surface area contributed by atoms with Crippen LogP contribution in [-0.2, 0) is 17.1 Å². The summed E-state index contributed by atoms with van der Waals surface area (Å²) in [5.41, 5.74) is 0.654. The van der Waals surface area contributed by atoms with E-state index < -0.39 is 17.2 Å². The zero-order valence-corrected chi connectivity index (χ0v) is 20.7. The number of hydrogen-bond donors (Lipinski definition) is 1. The van der Waals surface area contributed by atoms with Gasteiger partial charge in [0.1, 0.15) is 11.4 Å². The molecule has 9 heteroatoms. The van der Waals surface area contributed by atoms with Crippen molar-refractivity contribution in [2.24, 2.45) is 5.92 Å². The Morgan fingerprint density at radius 1 is 1.14 bits per heavy atom. The zero-order chi connectivity index (χ0) is 25.5. The molecule has 1 saturated heterocycles. The highest BCUT2D eigenvalue weighted by molar-refractivity contribution is 6.31. The van der Waals surface area contributed by atoms with Gasteiger partial charge in [-0.3, -0.25) is 4.79 Å². The van der Waals surface area contributed by atoms with E-state index >= 15 is 0 Å². The first-order valence-electron chi connectivity index (χ1n) is 12.1. The van der Waals surface area contributed by atoms with E-state index in [0.29, 0.717) is 30.0 Å². The van der Waals surface area contributed by atoms with Crippen molar-refractivity contribution >= 4 is 23.3 Å². The average molecular weight is 515 g/mol. The van der Waals surface area contributed by atoms with Gasteiger partial charge in [0.25, 0.3) is 5.91 Å². The van der Waals surface area contributed by atoms with Crippen LogP contribution in [0, 0.1) is 5.92 Å². The van der Waals surface area contributed by atoms with Gasteiger partial charge in [0.15, 0.2) is 0 Å². The molecule has 0 radical (unpaired) electrons. The molecule has 2 aromatic carbocycles. The Kier molecular flexibility index (Phi) is 5.04. The molecule has 1 N–H and O–H groups in total. The highest BCUT2D eigenvalue weighted by Crippen LogP contribution is 2.60. The molecule has 188 valence electrons. The third-order valence-corrected chi connectivity index (χ3v) is 8.40. The largest absolute Gasteiger partial charge is 0.417 e. The van der Waals surface area contributed by atoms with Gasteiger partial charge in [-0.15, -0.1) is 0 Å². The summed E-state index contributed by atoms with van der Waals surface area (Å²) >= 11 is 5.84. The Bertz CT molecular complexity index is 1350. The van der Waals surface area contributed by atoms with E-state index in [1.807, 2.05) is 22.9 Å². The molecule has 0 bridgehead atoms. The third kappa shape index (κ3) is 3.60. The molecule has 1 aromatic heterocycles. The second-order valence-electron chi connectivity index (χ2n) is 10.9. The summed E-state index contributed by atoms with van der Waals surface area (Å²) in [5, 5.41) is 7.77. The monoisotopic (exact) mass is 514 g/mol.